The molecular formula is C11H11F3N2O2. The molecule has 1 fully saturated rings. The highest BCUT2D eigenvalue weighted by Crippen LogP contribution is 2.20. The summed E-state index contributed by atoms with van der Waals surface area (Å²) in [5.74, 6) is -4.30. The van der Waals surface area contributed by atoms with Crippen LogP contribution in [0.15, 0.2) is 12.1 Å². The van der Waals surface area contributed by atoms with E-state index >= 15 is 0 Å². The number of nitrogens with one attached hydrogen (secondary N) is 1. The molecule has 18 heavy (non-hydrogen) atoms. The third-order valence-corrected chi connectivity index (χ3v) is 2.58. The van der Waals surface area contributed by atoms with Crippen molar-refractivity contribution in [1.82, 2.24) is 4.90 Å². The fourth-order valence-corrected chi connectivity index (χ4v) is 1.58. The molecule has 1 aromatic carbocycles. The number of anilines is 1. The summed E-state index contributed by atoms with van der Waals surface area (Å²) in [6.45, 7) is 1.54. The Morgan fingerprint density at radius 1 is 1.17 bits per heavy atom. The lowest BCUT2D eigenvalue weighted by Gasteiger charge is -2.27. The minimum Gasteiger partial charge on any atom is -0.378 e. The number of morpholine rings is 1. The SMILES string of the molecule is O=C(Nc1ccc(F)c(F)c1F)N1CCOCC1. The van der Waals surface area contributed by atoms with Crippen molar-refractivity contribution >= 4 is 11.7 Å². The van der Waals surface area contributed by atoms with Crippen LogP contribution >= 0.6 is 0 Å². The molecule has 1 N–H and O–H groups in total. The molecule has 2 amide bonds. The van der Waals surface area contributed by atoms with Crippen LogP contribution in [0.2, 0.25) is 0 Å². The molecule has 4 nitrogen and oxygen atoms in total. The molecule has 0 spiro atoms. The van der Waals surface area contributed by atoms with Gasteiger partial charge >= 0.3 is 6.03 Å². The Bertz CT molecular complexity index is 462. The second-order valence-corrected chi connectivity index (χ2v) is 3.75. The molecule has 98 valence electrons. The van der Waals surface area contributed by atoms with Crippen LogP contribution in [0.5, 0.6) is 0 Å². The quantitative estimate of drug-likeness (QED) is 0.784. The minimum absolute atomic E-state index is 0.372. The first-order valence-corrected chi connectivity index (χ1v) is 5.37. The van der Waals surface area contributed by atoms with Gasteiger partial charge in [0.1, 0.15) is 0 Å². The predicted molar refractivity (Wildman–Crippen MR) is 57.7 cm³/mol. The molecule has 0 saturated carbocycles. The number of carbonyl (C=O) groups is 1. The smallest absolute Gasteiger partial charge is 0.322 e. The van der Waals surface area contributed by atoms with E-state index in [4.69, 9.17) is 4.74 Å². The number of carbonyl (C=O) groups excluding carboxylic acids is 1. The molecular weight excluding hydrogens is 249 g/mol. The van der Waals surface area contributed by atoms with Gasteiger partial charge in [-0.25, -0.2) is 18.0 Å². The van der Waals surface area contributed by atoms with E-state index in [-0.39, 0.29) is 5.69 Å². The number of rotatable bonds is 1. The average Bonchev–Trinajstić information content (AvgIpc) is 2.40. The van der Waals surface area contributed by atoms with Gasteiger partial charge in [0.25, 0.3) is 0 Å². The number of hydrogen-bond acceptors (Lipinski definition) is 2. The van der Waals surface area contributed by atoms with Gasteiger partial charge in [-0.3, -0.25) is 0 Å². The van der Waals surface area contributed by atoms with Crippen molar-refractivity contribution in [2.24, 2.45) is 0 Å². The lowest BCUT2D eigenvalue weighted by atomic mass is 10.3. The molecule has 7 heteroatoms. The van der Waals surface area contributed by atoms with Crippen LogP contribution in [-0.2, 0) is 4.74 Å². The Morgan fingerprint density at radius 3 is 2.50 bits per heavy atom. The van der Waals surface area contributed by atoms with E-state index in [1.54, 1.807) is 0 Å². The number of amides is 2. The molecule has 1 aromatic rings. The van der Waals surface area contributed by atoms with Gasteiger partial charge in [0.2, 0.25) is 0 Å². The first-order chi connectivity index (χ1) is 8.59. The summed E-state index contributed by atoms with van der Waals surface area (Å²) >= 11 is 0. The molecule has 0 atom stereocenters. The first-order valence-electron chi connectivity index (χ1n) is 5.37. The van der Waals surface area contributed by atoms with Crippen LogP contribution in [0, 0.1) is 17.5 Å². The highest BCUT2D eigenvalue weighted by Gasteiger charge is 2.20. The Hall–Kier alpha value is -1.76. The monoisotopic (exact) mass is 260 g/mol. The summed E-state index contributed by atoms with van der Waals surface area (Å²) in [6, 6.07) is 1.17. The van der Waals surface area contributed by atoms with Crippen LogP contribution in [0.3, 0.4) is 0 Å². The van der Waals surface area contributed by atoms with Gasteiger partial charge in [0.05, 0.1) is 18.9 Å². The summed E-state index contributed by atoms with van der Waals surface area (Å²) < 4.78 is 44.0. The number of benzene rings is 1. The number of hydrogen-bond donors (Lipinski definition) is 1. The van der Waals surface area contributed by atoms with Crippen molar-refractivity contribution in [1.29, 1.82) is 0 Å². The molecule has 1 heterocycles. The van der Waals surface area contributed by atoms with Gasteiger partial charge in [0, 0.05) is 13.1 Å². The minimum atomic E-state index is -1.60. The first kappa shape index (κ1) is 12.7. The van der Waals surface area contributed by atoms with E-state index in [2.05, 4.69) is 5.32 Å². The van der Waals surface area contributed by atoms with E-state index < -0.39 is 23.5 Å². The van der Waals surface area contributed by atoms with Crippen molar-refractivity contribution in [3.05, 3.63) is 29.6 Å². The second kappa shape index (κ2) is 5.26. The van der Waals surface area contributed by atoms with Gasteiger partial charge in [-0.15, -0.1) is 0 Å². The van der Waals surface area contributed by atoms with Gasteiger partial charge < -0.3 is 15.0 Å². The third kappa shape index (κ3) is 2.56. The Balaban J connectivity index is 2.09. The number of urea groups is 1. The zero-order valence-electron chi connectivity index (χ0n) is 9.38. The lowest BCUT2D eigenvalue weighted by molar-refractivity contribution is 0.0564. The molecule has 0 radical (unpaired) electrons. The van der Waals surface area contributed by atoms with E-state index in [0.717, 1.165) is 12.1 Å². The third-order valence-electron chi connectivity index (χ3n) is 2.58. The summed E-state index contributed by atoms with van der Waals surface area (Å²) in [5, 5.41) is 2.20. The van der Waals surface area contributed by atoms with E-state index in [1.807, 2.05) is 0 Å². The fourth-order valence-electron chi connectivity index (χ4n) is 1.58. The Kier molecular flexibility index (Phi) is 3.71. The zero-order valence-corrected chi connectivity index (χ0v) is 9.38. The molecule has 0 bridgehead atoms. The predicted octanol–water partition coefficient (Wildman–Crippen LogP) is 1.97. The van der Waals surface area contributed by atoms with Gasteiger partial charge in [0.15, 0.2) is 17.5 Å². The van der Waals surface area contributed by atoms with E-state index in [9.17, 15) is 18.0 Å². The van der Waals surface area contributed by atoms with Crippen molar-refractivity contribution in [3.8, 4) is 0 Å². The summed E-state index contributed by atoms with van der Waals surface area (Å²) in [6.07, 6.45) is 0. The second-order valence-electron chi connectivity index (χ2n) is 3.75. The average molecular weight is 260 g/mol. The highest BCUT2D eigenvalue weighted by atomic mass is 19.2. The molecule has 2 rings (SSSR count). The van der Waals surface area contributed by atoms with E-state index in [1.165, 1.54) is 4.90 Å². The van der Waals surface area contributed by atoms with Crippen molar-refractivity contribution < 1.29 is 22.7 Å². The van der Waals surface area contributed by atoms with Crippen LogP contribution in [0.4, 0.5) is 23.7 Å². The maximum Gasteiger partial charge on any atom is 0.322 e. The maximum absolute atomic E-state index is 13.3. The van der Waals surface area contributed by atoms with Crippen molar-refractivity contribution in [3.63, 3.8) is 0 Å². The number of ether oxygens (including phenoxy) is 1. The number of nitrogens with zero attached hydrogens (tertiary/aromatic N) is 1. The lowest BCUT2D eigenvalue weighted by Crippen LogP contribution is -2.43. The standard InChI is InChI=1S/C11H11F3N2O2/c12-7-1-2-8(10(14)9(7)13)15-11(17)16-3-5-18-6-4-16/h1-2H,3-6H2,(H,15,17). The van der Waals surface area contributed by atoms with Crippen LogP contribution < -0.4 is 5.32 Å². The zero-order chi connectivity index (χ0) is 13.1. The molecule has 1 aliphatic rings. The molecule has 0 unspecified atom stereocenters. The normalized spacial score (nSPS) is 15.6. The summed E-state index contributed by atoms with van der Waals surface area (Å²) in [5.41, 5.74) is -0.384. The molecule has 1 saturated heterocycles. The molecule has 1 aliphatic heterocycles. The van der Waals surface area contributed by atoms with Gasteiger partial charge in [-0.1, -0.05) is 0 Å². The largest absolute Gasteiger partial charge is 0.378 e. The van der Waals surface area contributed by atoms with Crippen molar-refractivity contribution in [2.45, 2.75) is 0 Å². The number of halogens is 3. The molecule has 0 aliphatic carbocycles. The fraction of sp³-hybridized carbons (Fsp3) is 0.364. The summed E-state index contributed by atoms with van der Waals surface area (Å²) in [7, 11) is 0. The molecule has 0 aromatic heterocycles. The Labute approximate surface area is 101 Å². The van der Waals surface area contributed by atoms with E-state index in [0.29, 0.717) is 26.3 Å². The van der Waals surface area contributed by atoms with Crippen LogP contribution in [0.1, 0.15) is 0 Å². The maximum atomic E-state index is 13.3. The summed E-state index contributed by atoms with van der Waals surface area (Å²) in [4.78, 5) is 13.1. The topological polar surface area (TPSA) is 41.6 Å². The van der Waals surface area contributed by atoms with Gasteiger partial charge in [-0.2, -0.15) is 0 Å². The van der Waals surface area contributed by atoms with Crippen LogP contribution in [0.25, 0.3) is 0 Å². The Morgan fingerprint density at radius 2 is 1.83 bits per heavy atom. The van der Waals surface area contributed by atoms with Crippen molar-refractivity contribution in [2.75, 3.05) is 31.6 Å². The highest BCUT2D eigenvalue weighted by molar-refractivity contribution is 5.89. The van der Waals surface area contributed by atoms with Crippen LogP contribution in [-0.4, -0.2) is 37.2 Å². The van der Waals surface area contributed by atoms with Gasteiger partial charge in [-0.05, 0) is 12.1 Å².